The van der Waals surface area contributed by atoms with E-state index in [-0.39, 0.29) is 5.41 Å². The van der Waals surface area contributed by atoms with Gasteiger partial charge in [-0.25, -0.2) is 0 Å². The summed E-state index contributed by atoms with van der Waals surface area (Å²) in [6.45, 7) is 6.13. The summed E-state index contributed by atoms with van der Waals surface area (Å²) in [6.07, 6.45) is 1.05. The summed E-state index contributed by atoms with van der Waals surface area (Å²) in [4.78, 5) is 11.1. The van der Waals surface area contributed by atoms with E-state index in [0.29, 0.717) is 5.92 Å². The molecule has 0 bridgehead atoms. The van der Waals surface area contributed by atoms with Crippen molar-refractivity contribution in [3.05, 3.63) is 35.9 Å². The zero-order valence-electron chi connectivity index (χ0n) is 8.45. The molecule has 0 amide bonds. The second-order valence-corrected chi connectivity index (χ2v) is 3.92. The van der Waals surface area contributed by atoms with Crippen LogP contribution in [0.25, 0.3) is 0 Å². The molecule has 1 aromatic carbocycles. The number of aldehydes is 1. The van der Waals surface area contributed by atoms with Crippen LogP contribution in [0.1, 0.15) is 26.3 Å². The SMILES string of the molecule is CC(C)C(C)(C=O)c1ccccc1. The van der Waals surface area contributed by atoms with Gasteiger partial charge in [0, 0.05) is 0 Å². The van der Waals surface area contributed by atoms with Crippen molar-refractivity contribution in [1.29, 1.82) is 0 Å². The monoisotopic (exact) mass is 176 g/mol. The van der Waals surface area contributed by atoms with E-state index in [0.717, 1.165) is 11.8 Å². The maximum Gasteiger partial charge on any atom is 0.130 e. The molecule has 13 heavy (non-hydrogen) atoms. The third-order valence-corrected chi connectivity index (χ3v) is 2.84. The van der Waals surface area contributed by atoms with E-state index in [1.54, 1.807) is 0 Å². The predicted octanol–water partition coefficient (Wildman–Crippen LogP) is 2.80. The molecule has 0 aromatic heterocycles. The van der Waals surface area contributed by atoms with Crippen LogP contribution in [-0.4, -0.2) is 6.29 Å². The van der Waals surface area contributed by atoms with E-state index in [1.165, 1.54) is 0 Å². The normalized spacial score (nSPS) is 15.4. The fourth-order valence-corrected chi connectivity index (χ4v) is 1.33. The van der Waals surface area contributed by atoms with E-state index >= 15 is 0 Å². The van der Waals surface area contributed by atoms with Crippen LogP contribution in [-0.2, 0) is 10.2 Å². The van der Waals surface area contributed by atoms with Crippen molar-refractivity contribution >= 4 is 6.29 Å². The van der Waals surface area contributed by atoms with E-state index in [4.69, 9.17) is 0 Å². The molecule has 0 saturated carbocycles. The highest BCUT2D eigenvalue weighted by Crippen LogP contribution is 2.29. The van der Waals surface area contributed by atoms with Crippen LogP contribution in [0.2, 0.25) is 0 Å². The molecule has 70 valence electrons. The fraction of sp³-hybridized carbons (Fsp3) is 0.417. The van der Waals surface area contributed by atoms with Gasteiger partial charge in [0.25, 0.3) is 0 Å². The maximum atomic E-state index is 11.1. The Morgan fingerprint density at radius 1 is 1.23 bits per heavy atom. The van der Waals surface area contributed by atoms with Gasteiger partial charge < -0.3 is 4.79 Å². The largest absolute Gasteiger partial charge is 0.302 e. The molecule has 0 radical (unpaired) electrons. The van der Waals surface area contributed by atoms with Crippen molar-refractivity contribution in [2.75, 3.05) is 0 Å². The third-order valence-electron chi connectivity index (χ3n) is 2.84. The van der Waals surface area contributed by atoms with Crippen LogP contribution in [0.3, 0.4) is 0 Å². The standard InChI is InChI=1S/C12H16O/c1-10(2)12(3,9-13)11-7-5-4-6-8-11/h4-10H,1-3H3. The maximum absolute atomic E-state index is 11.1. The Hall–Kier alpha value is -1.11. The van der Waals surface area contributed by atoms with Crippen LogP contribution in [0.5, 0.6) is 0 Å². The lowest BCUT2D eigenvalue weighted by molar-refractivity contribution is -0.113. The summed E-state index contributed by atoms with van der Waals surface area (Å²) >= 11 is 0. The molecule has 0 N–H and O–H groups in total. The van der Waals surface area contributed by atoms with Gasteiger partial charge in [-0.15, -0.1) is 0 Å². The minimum absolute atomic E-state index is 0.326. The van der Waals surface area contributed by atoms with Gasteiger partial charge in [0.2, 0.25) is 0 Å². The van der Waals surface area contributed by atoms with Gasteiger partial charge in [-0.1, -0.05) is 44.2 Å². The van der Waals surface area contributed by atoms with E-state index in [2.05, 4.69) is 13.8 Å². The Morgan fingerprint density at radius 2 is 1.77 bits per heavy atom. The summed E-state index contributed by atoms with van der Waals surface area (Å²) < 4.78 is 0. The van der Waals surface area contributed by atoms with Gasteiger partial charge >= 0.3 is 0 Å². The zero-order valence-corrected chi connectivity index (χ0v) is 8.45. The first-order chi connectivity index (χ1) is 6.11. The van der Waals surface area contributed by atoms with Crippen LogP contribution >= 0.6 is 0 Å². The number of hydrogen-bond donors (Lipinski definition) is 0. The summed E-state index contributed by atoms with van der Waals surface area (Å²) in [7, 11) is 0. The van der Waals surface area contributed by atoms with E-state index in [9.17, 15) is 4.79 Å². The predicted molar refractivity (Wildman–Crippen MR) is 54.7 cm³/mol. The first-order valence-electron chi connectivity index (χ1n) is 4.63. The number of benzene rings is 1. The highest BCUT2D eigenvalue weighted by Gasteiger charge is 2.29. The van der Waals surface area contributed by atoms with Crippen molar-refractivity contribution in [2.24, 2.45) is 5.92 Å². The van der Waals surface area contributed by atoms with Gasteiger partial charge in [-0.05, 0) is 18.4 Å². The lowest BCUT2D eigenvalue weighted by Crippen LogP contribution is -2.30. The van der Waals surface area contributed by atoms with Gasteiger partial charge in [0.1, 0.15) is 6.29 Å². The molecule has 0 saturated heterocycles. The molecule has 0 aliphatic rings. The number of carbonyl (C=O) groups is 1. The van der Waals surface area contributed by atoms with Crippen molar-refractivity contribution in [3.8, 4) is 0 Å². The topological polar surface area (TPSA) is 17.1 Å². The van der Waals surface area contributed by atoms with Gasteiger partial charge in [-0.2, -0.15) is 0 Å². The highest BCUT2D eigenvalue weighted by atomic mass is 16.1. The van der Waals surface area contributed by atoms with Crippen molar-refractivity contribution in [2.45, 2.75) is 26.2 Å². The summed E-state index contributed by atoms with van der Waals surface area (Å²) in [5.74, 6) is 0.326. The highest BCUT2D eigenvalue weighted by molar-refractivity contribution is 5.68. The molecule has 0 heterocycles. The minimum atomic E-state index is -0.346. The van der Waals surface area contributed by atoms with Crippen molar-refractivity contribution < 1.29 is 4.79 Å². The molecule has 0 aliphatic heterocycles. The van der Waals surface area contributed by atoms with Crippen LogP contribution in [0.15, 0.2) is 30.3 Å². The molecular weight excluding hydrogens is 160 g/mol. The lowest BCUT2D eigenvalue weighted by Gasteiger charge is -2.27. The molecular formula is C12H16O. The molecule has 0 fully saturated rings. The van der Waals surface area contributed by atoms with Gasteiger partial charge in [-0.3, -0.25) is 0 Å². The lowest BCUT2D eigenvalue weighted by atomic mass is 9.75. The molecule has 1 aromatic rings. The van der Waals surface area contributed by atoms with E-state index < -0.39 is 0 Å². The molecule has 1 unspecified atom stereocenters. The van der Waals surface area contributed by atoms with Crippen LogP contribution < -0.4 is 0 Å². The van der Waals surface area contributed by atoms with Gasteiger partial charge in [0.15, 0.2) is 0 Å². The molecule has 1 atom stereocenters. The summed E-state index contributed by atoms with van der Waals surface area (Å²) in [5.41, 5.74) is 0.751. The summed E-state index contributed by atoms with van der Waals surface area (Å²) in [6, 6.07) is 9.93. The Kier molecular flexibility index (Phi) is 2.86. The smallest absolute Gasteiger partial charge is 0.130 e. The number of hydrogen-bond acceptors (Lipinski definition) is 1. The Balaban J connectivity index is 3.10. The van der Waals surface area contributed by atoms with E-state index in [1.807, 2.05) is 37.3 Å². The summed E-state index contributed by atoms with van der Waals surface area (Å²) in [5, 5.41) is 0. The molecule has 0 spiro atoms. The first-order valence-corrected chi connectivity index (χ1v) is 4.63. The molecule has 0 aliphatic carbocycles. The fourth-order valence-electron chi connectivity index (χ4n) is 1.33. The van der Waals surface area contributed by atoms with Crippen LogP contribution in [0.4, 0.5) is 0 Å². The number of rotatable bonds is 3. The van der Waals surface area contributed by atoms with Crippen molar-refractivity contribution in [3.63, 3.8) is 0 Å². The Labute approximate surface area is 79.8 Å². The second kappa shape index (κ2) is 3.73. The molecule has 1 rings (SSSR count). The Morgan fingerprint density at radius 3 is 2.15 bits per heavy atom. The second-order valence-electron chi connectivity index (χ2n) is 3.92. The number of carbonyl (C=O) groups excluding carboxylic acids is 1. The Bertz CT molecular complexity index is 276. The quantitative estimate of drug-likeness (QED) is 0.647. The molecule has 1 nitrogen and oxygen atoms in total. The van der Waals surface area contributed by atoms with Gasteiger partial charge in [0.05, 0.1) is 5.41 Å². The first kappa shape index (κ1) is 9.97. The minimum Gasteiger partial charge on any atom is -0.302 e. The zero-order chi connectivity index (χ0) is 9.90. The van der Waals surface area contributed by atoms with Crippen LogP contribution in [0, 0.1) is 5.92 Å². The average Bonchev–Trinajstić information content (AvgIpc) is 2.17. The third kappa shape index (κ3) is 1.80. The molecule has 1 heteroatoms. The average molecular weight is 176 g/mol. The van der Waals surface area contributed by atoms with Crippen molar-refractivity contribution in [1.82, 2.24) is 0 Å².